The van der Waals surface area contributed by atoms with Crippen molar-refractivity contribution < 1.29 is 4.79 Å². The lowest BCUT2D eigenvalue weighted by Gasteiger charge is -2.18. The van der Waals surface area contributed by atoms with Gasteiger partial charge in [-0.2, -0.15) is 0 Å². The van der Waals surface area contributed by atoms with Crippen LogP contribution in [-0.2, 0) is 4.79 Å². The third-order valence-corrected chi connectivity index (χ3v) is 5.43. The molecule has 0 aromatic heterocycles. The molecule has 1 N–H and O–H groups in total. The number of aliphatic imine (C=N–C) groups is 1. The van der Waals surface area contributed by atoms with Gasteiger partial charge in [0, 0.05) is 12.1 Å². The highest BCUT2D eigenvalue weighted by Gasteiger charge is 2.39. The number of nitrogens with one attached hydrogen (secondary N) is 1. The number of hydrogen-bond acceptors (Lipinski definition) is 4. The number of amides is 1. The van der Waals surface area contributed by atoms with Crippen LogP contribution in [-0.4, -0.2) is 29.7 Å². The highest BCUT2D eigenvalue weighted by molar-refractivity contribution is 7.81. The van der Waals surface area contributed by atoms with Crippen molar-refractivity contribution in [2.24, 2.45) is 4.99 Å². The van der Waals surface area contributed by atoms with Crippen molar-refractivity contribution in [2.45, 2.75) is 0 Å². The van der Waals surface area contributed by atoms with E-state index < -0.39 is 0 Å². The van der Waals surface area contributed by atoms with Gasteiger partial charge in [0.1, 0.15) is 10.7 Å². The number of fused-ring (bicyclic) bond motifs is 1. The van der Waals surface area contributed by atoms with Gasteiger partial charge in [0.05, 0.1) is 23.5 Å². The minimum Gasteiger partial charge on any atom is -0.378 e. The molecule has 28 heavy (non-hydrogen) atoms. The number of rotatable bonds is 2. The number of anilines is 1. The second-order valence-corrected chi connectivity index (χ2v) is 7.14. The number of thiocarbonyl (C=S) groups is 1. The summed E-state index contributed by atoms with van der Waals surface area (Å²) < 4.78 is 0. The van der Waals surface area contributed by atoms with Crippen molar-refractivity contribution in [1.82, 2.24) is 5.32 Å². The Morgan fingerprint density at radius 1 is 0.929 bits per heavy atom. The smallest absolute Gasteiger partial charge is 0.280 e. The van der Waals surface area contributed by atoms with E-state index in [1.807, 2.05) is 42.5 Å². The fraction of sp³-hybridized carbons (Fsp3) is 0.0870. The summed E-state index contributed by atoms with van der Waals surface area (Å²) in [7, 11) is 0. The molecule has 1 amide bonds. The molecule has 2 aliphatic heterocycles. The SMILES string of the molecule is O=C1C2=C(C(=S)N1c1ccccc1)C(c1ccc3ccccc3c1)=NCCN2. The molecule has 136 valence electrons. The Bertz CT molecular complexity index is 1180. The van der Waals surface area contributed by atoms with Gasteiger partial charge in [0.25, 0.3) is 5.91 Å². The summed E-state index contributed by atoms with van der Waals surface area (Å²) in [6.07, 6.45) is 0. The number of nitrogens with zero attached hydrogens (tertiary/aromatic N) is 2. The van der Waals surface area contributed by atoms with Gasteiger partial charge in [0.2, 0.25) is 0 Å². The summed E-state index contributed by atoms with van der Waals surface area (Å²) in [5, 5.41) is 5.55. The maximum Gasteiger partial charge on any atom is 0.280 e. The molecule has 3 aromatic rings. The fourth-order valence-electron chi connectivity index (χ4n) is 3.72. The van der Waals surface area contributed by atoms with Crippen molar-refractivity contribution in [3.05, 3.63) is 89.6 Å². The zero-order valence-corrected chi connectivity index (χ0v) is 15.9. The molecule has 2 aliphatic rings. The predicted molar refractivity (Wildman–Crippen MR) is 117 cm³/mol. The average Bonchev–Trinajstić information content (AvgIpc) is 2.89. The lowest BCUT2D eigenvalue weighted by atomic mass is 9.98. The van der Waals surface area contributed by atoms with Crippen LogP contribution in [0.1, 0.15) is 5.56 Å². The van der Waals surface area contributed by atoms with Gasteiger partial charge in [-0.3, -0.25) is 14.7 Å². The van der Waals surface area contributed by atoms with Crippen molar-refractivity contribution >= 4 is 45.3 Å². The van der Waals surface area contributed by atoms with Crippen molar-refractivity contribution in [3.63, 3.8) is 0 Å². The van der Waals surface area contributed by atoms with Gasteiger partial charge in [-0.05, 0) is 29.0 Å². The number of benzene rings is 3. The van der Waals surface area contributed by atoms with Crippen LogP contribution in [0.4, 0.5) is 5.69 Å². The molecule has 0 fully saturated rings. The van der Waals surface area contributed by atoms with Crippen molar-refractivity contribution in [3.8, 4) is 0 Å². The van der Waals surface area contributed by atoms with E-state index in [1.165, 1.54) is 5.39 Å². The molecule has 5 rings (SSSR count). The molecule has 2 heterocycles. The number of para-hydroxylation sites is 1. The van der Waals surface area contributed by atoms with Gasteiger partial charge >= 0.3 is 0 Å². The second kappa shape index (κ2) is 6.69. The van der Waals surface area contributed by atoms with Gasteiger partial charge in [-0.25, -0.2) is 0 Å². The van der Waals surface area contributed by atoms with E-state index >= 15 is 0 Å². The third-order valence-electron chi connectivity index (χ3n) is 5.04. The van der Waals surface area contributed by atoms with E-state index in [4.69, 9.17) is 17.2 Å². The zero-order chi connectivity index (χ0) is 19.1. The quantitative estimate of drug-likeness (QED) is 0.684. The van der Waals surface area contributed by atoms with Crippen LogP contribution in [0.25, 0.3) is 10.8 Å². The third kappa shape index (κ3) is 2.63. The van der Waals surface area contributed by atoms with Crippen LogP contribution in [0.3, 0.4) is 0 Å². The molecule has 0 bridgehead atoms. The van der Waals surface area contributed by atoms with Crippen LogP contribution in [0.15, 0.2) is 89.1 Å². The second-order valence-electron chi connectivity index (χ2n) is 6.75. The Morgan fingerprint density at radius 3 is 2.50 bits per heavy atom. The van der Waals surface area contributed by atoms with E-state index in [1.54, 1.807) is 4.90 Å². The minimum absolute atomic E-state index is 0.124. The first-order valence-electron chi connectivity index (χ1n) is 9.20. The number of carbonyl (C=O) groups excluding carboxylic acids is 1. The van der Waals surface area contributed by atoms with Gasteiger partial charge < -0.3 is 5.32 Å². The summed E-state index contributed by atoms with van der Waals surface area (Å²) in [5.74, 6) is -0.124. The van der Waals surface area contributed by atoms with E-state index in [-0.39, 0.29) is 5.91 Å². The first-order valence-corrected chi connectivity index (χ1v) is 9.61. The topological polar surface area (TPSA) is 44.7 Å². The average molecular weight is 383 g/mol. The maximum atomic E-state index is 13.2. The standard InChI is InChI=1S/C23H17N3OS/c27-22-21-19(23(28)26(22)18-8-2-1-3-9-18)20(24-12-13-25-21)17-11-10-15-6-4-5-7-16(15)14-17/h1-11,14,25H,12-13H2. The molecule has 4 nitrogen and oxygen atoms in total. The van der Waals surface area contributed by atoms with E-state index in [0.717, 1.165) is 27.9 Å². The molecule has 0 radical (unpaired) electrons. The molecule has 0 saturated heterocycles. The van der Waals surface area contributed by atoms with Crippen molar-refractivity contribution in [2.75, 3.05) is 18.0 Å². The Labute approximate surface area is 168 Å². The Balaban J connectivity index is 1.63. The molecule has 0 spiro atoms. The molecular weight excluding hydrogens is 366 g/mol. The molecule has 0 atom stereocenters. The first kappa shape index (κ1) is 16.8. The van der Waals surface area contributed by atoms with Crippen LogP contribution in [0.2, 0.25) is 0 Å². The summed E-state index contributed by atoms with van der Waals surface area (Å²) in [4.78, 5) is 20.0. The zero-order valence-electron chi connectivity index (χ0n) is 15.1. The van der Waals surface area contributed by atoms with Crippen LogP contribution in [0, 0.1) is 0 Å². The summed E-state index contributed by atoms with van der Waals surface area (Å²) in [6.45, 7) is 1.20. The molecule has 3 aromatic carbocycles. The van der Waals surface area contributed by atoms with E-state index in [2.05, 4.69) is 35.6 Å². The molecular formula is C23H17N3OS. The molecule has 0 unspecified atom stereocenters. The Hall–Kier alpha value is -3.31. The minimum atomic E-state index is -0.124. The molecule has 0 saturated carbocycles. The van der Waals surface area contributed by atoms with Gasteiger partial charge in [0.15, 0.2) is 0 Å². The lowest BCUT2D eigenvalue weighted by Crippen LogP contribution is -2.34. The van der Waals surface area contributed by atoms with Crippen LogP contribution >= 0.6 is 12.2 Å². The van der Waals surface area contributed by atoms with E-state index in [0.29, 0.717) is 23.8 Å². The van der Waals surface area contributed by atoms with Crippen molar-refractivity contribution in [1.29, 1.82) is 0 Å². The lowest BCUT2D eigenvalue weighted by molar-refractivity contribution is -0.114. The summed E-state index contributed by atoms with van der Waals surface area (Å²) in [5.41, 5.74) is 3.78. The number of carbonyl (C=O) groups is 1. The van der Waals surface area contributed by atoms with Gasteiger partial charge in [-0.1, -0.05) is 66.8 Å². The van der Waals surface area contributed by atoms with Crippen LogP contribution in [0.5, 0.6) is 0 Å². The summed E-state index contributed by atoms with van der Waals surface area (Å²) >= 11 is 5.76. The maximum absolute atomic E-state index is 13.2. The monoisotopic (exact) mass is 383 g/mol. The number of hydrogen-bond donors (Lipinski definition) is 1. The largest absolute Gasteiger partial charge is 0.378 e. The Morgan fingerprint density at radius 2 is 1.68 bits per heavy atom. The highest BCUT2D eigenvalue weighted by Crippen LogP contribution is 2.31. The molecule has 0 aliphatic carbocycles. The van der Waals surface area contributed by atoms with Crippen LogP contribution < -0.4 is 10.2 Å². The van der Waals surface area contributed by atoms with Gasteiger partial charge in [-0.15, -0.1) is 0 Å². The first-order chi connectivity index (χ1) is 13.7. The summed E-state index contributed by atoms with van der Waals surface area (Å²) in [6, 6.07) is 24.0. The highest BCUT2D eigenvalue weighted by atomic mass is 32.1. The predicted octanol–water partition coefficient (Wildman–Crippen LogP) is 3.86. The Kier molecular flexibility index (Phi) is 4.02. The van der Waals surface area contributed by atoms with E-state index in [9.17, 15) is 4.79 Å². The fourth-order valence-corrected chi connectivity index (χ4v) is 4.11. The normalized spacial score (nSPS) is 16.7. The molecule has 5 heteroatoms.